The van der Waals surface area contributed by atoms with Crippen LogP contribution < -0.4 is 0 Å². The summed E-state index contributed by atoms with van der Waals surface area (Å²) < 4.78 is 0. The Balaban J connectivity index is 2.04. The number of rotatable bonds is 0. The Morgan fingerprint density at radius 1 is 0.737 bits per heavy atom. The smallest absolute Gasteiger partial charge is 0.185 e. The maximum Gasteiger partial charge on any atom is 0.185 e. The first kappa shape index (κ1) is 10.4. The molecule has 0 N–H and O–H groups in total. The standard InChI is InChI=1S/C17H10O2/c18-15-12-6-2-3-7-13(12)16(19)17(15)10-9-11-5-1-4-8-14(11)17/h1-10H. The van der Waals surface area contributed by atoms with Gasteiger partial charge in [-0.25, -0.2) is 0 Å². The summed E-state index contributed by atoms with van der Waals surface area (Å²) in [6, 6.07) is 14.7. The molecule has 2 aliphatic carbocycles. The van der Waals surface area contributed by atoms with Crippen molar-refractivity contribution < 1.29 is 9.59 Å². The SMILES string of the molecule is O=C1c2ccccc2C(=O)C12C=Cc1ccccc12. The fourth-order valence-corrected chi connectivity index (χ4v) is 3.11. The van der Waals surface area contributed by atoms with E-state index in [9.17, 15) is 9.59 Å². The number of Topliss-reactive ketones (excluding diaryl/α,β-unsaturated/α-hetero) is 2. The highest BCUT2D eigenvalue weighted by Gasteiger charge is 2.54. The molecule has 0 aromatic heterocycles. The van der Waals surface area contributed by atoms with Crippen molar-refractivity contribution in [3.05, 3.63) is 76.9 Å². The van der Waals surface area contributed by atoms with Crippen LogP contribution in [-0.4, -0.2) is 11.6 Å². The Labute approximate surface area is 110 Å². The van der Waals surface area contributed by atoms with E-state index in [1.165, 1.54) is 0 Å². The Hall–Kier alpha value is -2.48. The minimum Gasteiger partial charge on any atom is -0.292 e. The van der Waals surface area contributed by atoms with Crippen LogP contribution in [0.3, 0.4) is 0 Å². The van der Waals surface area contributed by atoms with Gasteiger partial charge in [0.2, 0.25) is 0 Å². The van der Waals surface area contributed by atoms with Gasteiger partial charge in [-0.15, -0.1) is 0 Å². The van der Waals surface area contributed by atoms with Crippen molar-refractivity contribution in [2.75, 3.05) is 0 Å². The first-order valence-corrected chi connectivity index (χ1v) is 6.22. The molecule has 0 bridgehead atoms. The van der Waals surface area contributed by atoms with E-state index in [0.29, 0.717) is 11.1 Å². The maximum absolute atomic E-state index is 12.7. The van der Waals surface area contributed by atoms with Crippen molar-refractivity contribution >= 4 is 17.6 Å². The molecule has 4 rings (SSSR count). The van der Waals surface area contributed by atoms with E-state index in [4.69, 9.17) is 0 Å². The maximum atomic E-state index is 12.7. The third kappa shape index (κ3) is 1.07. The molecule has 2 nitrogen and oxygen atoms in total. The number of carbonyl (C=O) groups excluding carboxylic acids is 2. The fourth-order valence-electron chi connectivity index (χ4n) is 3.11. The molecular formula is C17H10O2. The number of hydrogen-bond acceptors (Lipinski definition) is 2. The molecule has 0 fully saturated rings. The zero-order valence-corrected chi connectivity index (χ0v) is 10.1. The fraction of sp³-hybridized carbons (Fsp3) is 0.0588. The number of fused-ring (bicyclic) bond motifs is 3. The van der Waals surface area contributed by atoms with Crippen LogP contribution in [-0.2, 0) is 5.41 Å². The van der Waals surface area contributed by atoms with E-state index in [0.717, 1.165) is 11.1 Å². The average molecular weight is 246 g/mol. The van der Waals surface area contributed by atoms with E-state index in [1.807, 2.05) is 30.3 Å². The molecule has 2 aromatic carbocycles. The minimum absolute atomic E-state index is 0.102. The summed E-state index contributed by atoms with van der Waals surface area (Å²) in [4.78, 5) is 25.4. The van der Waals surface area contributed by atoms with Crippen LogP contribution in [0.5, 0.6) is 0 Å². The molecule has 2 heteroatoms. The normalized spacial score (nSPS) is 17.9. The summed E-state index contributed by atoms with van der Waals surface area (Å²) >= 11 is 0. The third-order valence-corrected chi connectivity index (χ3v) is 4.03. The highest BCUT2D eigenvalue weighted by atomic mass is 16.2. The lowest BCUT2D eigenvalue weighted by atomic mass is 9.78. The lowest BCUT2D eigenvalue weighted by molar-refractivity contribution is 0.0837. The molecule has 0 radical (unpaired) electrons. The molecule has 90 valence electrons. The highest BCUT2D eigenvalue weighted by molar-refractivity contribution is 6.35. The van der Waals surface area contributed by atoms with Crippen molar-refractivity contribution in [2.24, 2.45) is 0 Å². The Kier molecular flexibility index (Phi) is 1.81. The van der Waals surface area contributed by atoms with Crippen LogP contribution in [0.15, 0.2) is 54.6 Å². The van der Waals surface area contributed by atoms with Gasteiger partial charge in [0.1, 0.15) is 5.41 Å². The number of benzene rings is 2. The Bertz CT molecular complexity index is 733. The van der Waals surface area contributed by atoms with Crippen molar-refractivity contribution in [1.29, 1.82) is 0 Å². The van der Waals surface area contributed by atoms with Gasteiger partial charge in [-0.3, -0.25) is 9.59 Å². The first-order chi connectivity index (χ1) is 9.25. The lowest BCUT2D eigenvalue weighted by Gasteiger charge is -2.19. The molecule has 0 amide bonds. The molecule has 0 aliphatic heterocycles. The minimum atomic E-state index is -1.11. The predicted molar refractivity (Wildman–Crippen MR) is 72.3 cm³/mol. The van der Waals surface area contributed by atoms with Crippen LogP contribution in [0.25, 0.3) is 6.08 Å². The van der Waals surface area contributed by atoms with E-state index >= 15 is 0 Å². The lowest BCUT2D eigenvalue weighted by Crippen LogP contribution is -2.34. The molecule has 0 heterocycles. The molecule has 2 aromatic rings. The quantitative estimate of drug-likeness (QED) is 0.669. The third-order valence-electron chi connectivity index (χ3n) is 4.03. The van der Waals surface area contributed by atoms with Gasteiger partial charge < -0.3 is 0 Å². The van der Waals surface area contributed by atoms with Gasteiger partial charge in [-0.2, -0.15) is 0 Å². The second-order valence-electron chi connectivity index (χ2n) is 4.93. The van der Waals surface area contributed by atoms with E-state index < -0.39 is 5.41 Å². The molecule has 0 saturated heterocycles. The molecule has 2 aliphatic rings. The largest absolute Gasteiger partial charge is 0.292 e. The van der Waals surface area contributed by atoms with Gasteiger partial charge in [0, 0.05) is 11.1 Å². The topological polar surface area (TPSA) is 34.1 Å². The summed E-state index contributed by atoms with van der Waals surface area (Å²) in [5.41, 5.74) is 1.72. The van der Waals surface area contributed by atoms with Crippen LogP contribution in [0, 0.1) is 0 Å². The highest BCUT2D eigenvalue weighted by Crippen LogP contribution is 2.45. The Morgan fingerprint density at radius 2 is 1.32 bits per heavy atom. The van der Waals surface area contributed by atoms with Crippen molar-refractivity contribution in [3.63, 3.8) is 0 Å². The van der Waals surface area contributed by atoms with Crippen LogP contribution in [0.1, 0.15) is 31.8 Å². The van der Waals surface area contributed by atoms with E-state index in [2.05, 4.69) is 0 Å². The monoisotopic (exact) mass is 246 g/mol. The van der Waals surface area contributed by atoms with Crippen LogP contribution >= 0.6 is 0 Å². The second-order valence-corrected chi connectivity index (χ2v) is 4.93. The molecule has 0 saturated carbocycles. The van der Waals surface area contributed by atoms with Gasteiger partial charge in [0.05, 0.1) is 0 Å². The summed E-state index contributed by atoms with van der Waals surface area (Å²) in [5.74, 6) is -0.205. The summed E-state index contributed by atoms with van der Waals surface area (Å²) in [6.07, 6.45) is 3.62. The zero-order valence-electron chi connectivity index (χ0n) is 10.1. The summed E-state index contributed by atoms with van der Waals surface area (Å²) in [5, 5.41) is 0. The van der Waals surface area contributed by atoms with E-state index in [-0.39, 0.29) is 11.6 Å². The van der Waals surface area contributed by atoms with Crippen molar-refractivity contribution in [2.45, 2.75) is 5.41 Å². The predicted octanol–water partition coefficient (Wildman–Crippen LogP) is 3.03. The number of allylic oxidation sites excluding steroid dienone is 1. The molecule has 1 spiro atoms. The molecular weight excluding hydrogens is 236 g/mol. The number of carbonyl (C=O) groups is 2. The molecule has 19 heavy (non-hydrogen) atoms. The Morgan fingerprint density at radius 3 is 2.00 bits per heavy atom. The van der Waals surface area contributed by atoms with Gasteiger partial charge in [-0.1, -0.05) is 60.7 Å². The van der Waals surface area contributed by atoms with Crippen LogP contribution in [0.2, 0.25) is 0 Å². The van der Waals surface area contributed by atoms with Crippen molar-refractivity contribution in [3.8, 4) is 0 Å². The van der Waals surface area contributed by atoms with Gasteiger partial charge in [-0.05, 0) is 11.1 Å². The second kappa shape index (κ2) is 3.29. The average Bonchev–Trinajstić information content (AvgIpc) is 2.95. The molecule has 0 atom stereocenters. The summed E-state index contributed by atoms with van der Waals surface area (Å²) in [6.45, 7) is 0. The van der Waals surface area contributed by atoms with Gasteiger partial charge >= 0.3 is 0 Å². The van der Waals surface area contributed by atoms with E-state index in [1.54, 1.807) is 30.3 Å². The van der Waals surface area contributed by atoms with Crippen LogP contribution in [0.4, 0.5) is 0 Å². The summed E-state index contributed by atoms with van der Waals surface area (Å²) in [7, 11) is 0. The van der Waals surface area contributed by atoms with Gasteiger partial charge in [0.15, 0.2) is 11.6 Å². The molecule has 0 unspecified atom stereocenters. The first-order valence-electron chi connectivity index (χ1n) is 6.22. The zero-order chi connectivity index (χ0) is 13.0. The number of ketones is 2. The van der Waals surface area contributed by atoms with Crippen molar-refractivity contribution in [1.82, 2.24) is 0 Å². The number of hydrogen-bond donors (Lipinski definition) is 0. The van der Waals surface area contributed by atoms with Gasteiger partial charge in [0.25, 0.3) is 0 Å².